The van der Waals surface area contributed by atoms with Crippen molar-refractivity contribution >= 4 is 23.1 Å². The predicted octanol–water partition coefficient (Wildman–Crippen LogP) is 5.35. The van der Waals surface area contributed by atoms with E-state index in [1.807, 2.05) is 23.1 Å². The molecule has 2 aromatic rings. The van der Waals surface area contributed by atoms with Crippen LogP contribution in [0.5, 0.6) is 0 Å². The van der Waals surface area contributed by atoms with E-state index in [0.29, 0.717) is 5.92 Å². The monoisotopic (exact) mass is 319 g/mol. The number of hydrogen-bond donors (Lipinski definition) is 1. The highest BCUT2D eigenvalue weighted by atomic mass is 32.2. The van der Waals surface area contributed by atoms with Crippen LogP contribution in [0, 0.1) is 5.92 Å². The Morgan fingerprint density at radius 1 is 1.14 bits per heavy atom. The molecule has 0 atom stereocenters. The van der Waals surface area contributed by atoms with Crippen LogP contribution in [0.25, 0.3) is 0 Å². The van der Waals surface area contributed by atoms with Crippen LogP contribution in [0.1, 0.15) is 36.1 Å². The summed E-state index contributed by atoms with van der Waals surface area (Å²) in [5, 5.41) is 3.51. The van der Waals surface area contributed by atoms with Gasteiger partial charge in [0.25, 0.3) is 0 Å². The average molecular weight is 320 g/mol. The summed E-state index contributed by atoms with van der Waals surface area (Å²) in [6.45, 7) is 8.74. The van der Waals surface area contributed by atoms with Crippen LogP contribution in [0.3, 0.4) is 0 Å². The van der Waals surface area contributed by atoms with Crippen LogP contribution >= 0.6 is 23.1 Å². The highest BCUT2D eigenvalue weighted by Gasteiger charge is 2.02. The molecule has 0 saturated carbocycles. The van der Waals surface area contributed by atoms with E-state index >= 15 is 0 Å². The van der Waals surface area contributed by atoms with Gasteiger partial charge in [-0.2, -0.15) is 0 Å². The van der Waals surface area contributed by atoms with Crippen molar-refractivity contribution in [1.82, 2.24) is 5.32 Å². The first-order valence-electron chi connectivity index (χ1n) is 7.67. The third-order valence-electron chi connectivity index (χ3n) is 3.23. The number of aryl methyl sites for hydroxylation is 1. The smallest absolute Gasteiger partial charge is 0.0326 e. The molecule has 0 aliphatic carbocycles. The normalized spacial score (nSPS) is 11.2. The first-order chi connectivity index (χ1) is 10.2. The molecule has 0 spiro atoms. The molecule has 0 unspecified atom stereocenters. The fraction of sp³-hybridized carbons (Fsp3) is 0.444. The summed E-state index contributed by atoms with van der Waals surface area (Å²) in [6, 6.07) is 13.4. The first kappa shape index (κ1) is 16.6. The maximum absolute atomic E-state index is 3.51. The van der Waals surface area contributed by atoms with Crippen LogP contribution in [0.4, 0.5) is 0 Å². The Bertz CT molecular complexity index is 546. The molecule has 2 rings (SSSR count). The van der Waals surface area contributed by atoms with Crippen molar-refractivity contribution in [3.8, 4) is 0 Å². The topological polar surface area (TPSA) is 12.0 Å². The lowest BCUT2D eigenvalue weighted by molar-refractivity contribution is 0.552. The van der Waals surface area contributed by atoms with Gasteiger partial charge in [0.1, 0.15) is 0 Å². The molecule has 1 aromatic carbocycles. The molecule has 1 nitrogen and oxygen atoms in total. The molecule has 0 aliphatic heterocycles. The molecule has 1 N–H and O–H groups in total. The van der Waals surface area contributed by atoms with E-state index in [2.05, 4.69) is 62.5 Å². The molecule has 1 aromatic heterocycles. The Morgan fingerprint density at radius 3 is 2.67 bits per heavy atom. The Hall–Kier alpha value is -0.770. The second-order valence-corrected chi connectivity index (χ2v) is 7.98. The minimum atomic E-state index is 0.703. The largest absolute Gasteiger partial charge is 0.312 e. The third-order valence-corrected chi connectivity index (χ3v) is 5.68. The molecule has 0 saturated heterocycles. The molecule has 0 aliphatic rings. The Kier molecular flexibility index (Phi) is 6.81. The number of rotatable bonds is 8. The van der Waals surface area contributed by atoms with Gasteiger partial charge in [0.15, 0.2) is 0 Å². The lowest BCUT2D eigenvalue weighted by atomic mass is 10.2. The molecule has 0 radical (unpaired) electrons. The minimum Gasteiger partial charge on any atom is -0.312 e. The van der Waals surface area contributed by atoms with Gasteiger partial charge in [0.2, 0.25) is 0 Å². The van der Waals surface area contributed by atoms with Crippen LogP contribution in [-0.4, -0.2) is 6.54 Å². The summed E-state index contributed by atoms with van der Waals surface area (Å²) < 4.78 is 0. The molecular formula is C18H25NS2. The zero-order chi connectivity index (χ0) is 15.1. The molecule has 0 fully saturated rings. The van der Waals surface area contributed by atoms with E-state index in [9.17, 15) is 0 Å². The number of thioether (sulfide) groups is 1. The van der Waals surface area contributed by atoms with E-state index in [4.69, 9.17) is 0 Å². The van der Waals surface area contributed by atoms with Crippen molar-refractivity contribution in [2.45, 2.75) is 44.4 Å². The van der Waals surface area contributed by atoms with Gasteiger partial charge in [-0.05, 0) is 48.7 Å². The molecule has 3 heteroatoms. The van der Waals surface area contributed by atoms with Crippen molar-refractivity contribution in [2.24, 2.45) is 5.92 Å². The van der Waals surface area contributed by atoms with Gasteiger partial charge in [0.05, 0.1) is 0 Å². The van der Waals surface area contributed by atoms with Crippen LogP contribution < -0.4 is 5.32 Å². The maximum atomic E-state index is 3.51. The van der Waals surface area contributed by atoms with Gasteiger partial charge < -0.3 is 5.32 Å². The van der Waals surface area contributed by atoms with Crippen LogP contribution in [0.15, 0.2) is 41.3 Å². The molecule has 114 valence electrons. The Balaban J connectivity index is 1.85. The average Bonchev–Trinajstić information content (AvgIpc) is 2.93. The van der Waals surface area contributed by atoms with Crippen molar-refractivity contribution in [1.29, 1.82) is 0 Å². The molecule has 21 heavy (non-hydrogen) atoms. The zero-order valence-corrected chi connectivity index (χ0v) is 14.8. The highest BCUT2D eigenvalue weighted by molar-refractivity contribution is 7.98. The summed E-state index contributed by atoms with van der Waals surface area (Å²) >= 11 is 3.87. The van der Waals surface area contributed by atoms with E-state index in [-0.39, 0.29) is 0 Å². The molecule has 1 heterocycles. The number of hydrogen-bond acceptors (Lipinski definition) is 3. The summed E-state index contributed by atoms with van der Waals surface area (Å²) in [5.41, 5.74) is 1.38. The standard InChI is InChI=1S/C18H25NS2/c1-4-16-8-9-18(21-16)13-20-17-7-5-6-15(10-17)12-19-11-14(2)3/h5-10,14,19H,4,11-13H2,1-3H3. The lowest BCUT2D eigenvalue weighted by Gasteiger charge is -2.08. The van der Waals surface area contributed by atoms with Crippen molar-refractivity contribution < 1.29 is 0 Å². The second-order valence-electron chi connectivity index (χ2n) is 5.68. The zero-order valence-electron chi connectivity index (χ0n) is 13.2. The van der Waals surface area contributed by atoms with Crippen LogP contribution in [0.2, 0.25) is 0 Å². The Morgan fingerprint density at radius 2 is 1.95 bits per heavy atom. The van der Waals surface area contributed by atoms with Crippen molar-refractivity contribution in [3.63, 3.8) is 0 Å². The van der Waals surface area contributed by atoms with Gasteiger partial charge in [-0.1, -0.05) is 32.9 Å². The number of thiophene rings is 1. The highest BCUT2D eigenvalue weighted by Crippen LogP contribution is 2.27. The summed E-state index contributed by atoms with van der Waals surface area (Å²) in [4.78, 5) is 4.32. The van der Waals surface area contributed by atoms with E-state index in [1.165, 1.54) is 20.2 Å². The van der Waals surface area contributed by atoms with E-state index < -0.39 is 0 Å². The second kappa shape index (κ2) is 8.62. The van der Waals surface area contributed by atoms with Crippen molar-refractivity contribution in [3.05, 3.63) is 51.7 Å². The SMILES string of the molecule is CCc1ccc(CSc2cccc(CNCC(C)C)c2)s1. The molecule has 0 amide bonds. The fourth-order valence-electron chi connectivity index (χ4n) is 2.09. The summed E-state index contributed by atoms with van der Waals surface area (Å²) in [6.07, 6.45) is 1.15. The first-order valence-corrected chi connectivity index (χ1v) is 9.47. The van der Waals surface area contributed by atoms with E-state index in [1.54, 1.807) is 0 Å². The minimum absolute atomic E-state index is 0.703. The Labute approximate surface area is 137 Å². The third kappa shape index (κ3) is 5.85. The quantitative estimate of drug-likeness (QED) is 0.658. The van der Waals surface area contributed by atoms with Gasteiger partial charge in [-0.15, -0.1) is 23.1 Å². The summed E-state index contributed by atoms with van der Waals surface area (Å²) in [5.74, 6) is 1.78. The van der Waals surface area contributed by atoms with Crippen LogP contribution in [-0.2, 0) is 18.7 Å². The van der Waals surface area contributed by atoms with Gasteiger partial charge in [0, 0.05) is 26.9 Å². The van der Waals surface area contributed by atoms with Gasteiger partial charge in [-0.3, -0.25) is 0 Å². The van der Waals surface area contributed by atoms with E-state index in [0.717, 1.165) is 25.3 Å². The number of benzene rings is 1. The molecular weight excluding hydrogens is 294 g/mol. The summed E-state index contributed by atoms with van der Waals surface area (Å²) in [7, 11) is 0. The fourth-order valence-corrected chi connectivity index (χ4v) is 4.08. The van der Waals surface area contributed by atoms with Gasteiger partial charge >= 0.3 is 0 Å². The van der Waals surface area contributed by atoms with Crippen molar-refractivity contribution in [2.75, 3.05) is 6.54 Å². The molecule has 0 bridgehead atoms. The number of nitrogens with one attached hydrogen (secondary N) is 1. The lowest BCUT2D eigenvalue weighted by Crippen LogP contribution is -2.18. The van der Waals surface area contributed by atoms with Gasteiger partial charge in [-0.25, -0.2) is 0 Å². The predicted molar refractivity (Wildman–Crippen MR) is 96.2 cm³/mol. The maximum Gasteiger partial charge on any atom is 0.0326 e.